The number of carbonyl (C=O) groups is 2. The monoisotopic (exact) mass is 707 g/mol. The van der Waals surface area contributed by atoms with Gasteiger partial charge in [-0.2, -0.15) is 4.31 Å². The summed E-state index contributed by atoms with van der Waals surface area (Å²) in [6.45, 7) is 4.31. The van der Waals surface area contributed by atoms with Gasteiger partial charge in [0.05, 0.1) is 4.90 Å². The van der Waals surface area contributed by atoms with Crippen LogP contribution in [0.25, 0.3) is 0 Å². The largest absolute Gasteiger partial charge is 0.354 e. The normalized spacial score (nSPS) is 25.8. The molecule has 4 aliphatic rings. The average molecular weight is 708 g/mol. The molecule has 1 aliphatic carbocycles. The summed E-state index contributed by atoms with van der Waals surface area (Å²) in [6, 6.07) is 8.48. The highest BCUT2D eigenvalue weighted by molar-refractivity contribution is 7.89. The van der Waals surface area contributed by atoms with Gasteiger partial charge in [0.25, 0.3) is 5.92 Å². The van der Waals surface area contributed by atoms with Crippen molar-refractivity contribution in [2.75, 3.05) is 55.6 Å². The van der Waals surface area contributed by atoms with E-state index in [1.165, 1.54) is 28.6 Å². The van der Waals surface area contributed by atoms with Crippen molar-refractivity contribution in [1.29, 1.82) is 0 Å². The van der Waals surface area contributed by atoms with Gasteiger partial charge in [-0.05, 0) is 81.8 Å². The van der Waals surface area contributed by atoms with E-state index < -0.39 is 21.9 Å². The standard InChI is InChI=1S/C33H44ClF2N7O4S/c1-32(38)10-12-41(13-11-32)31(45)22-2-4-23(5-3-22)33(35,36)24-18-28(34)39-29(19-24)40-14-16-42(17-15-40)48(46,47)27-8-6-26(7-9-27)43-21-25(37)20-30(43)44/h6-9,18-19,22-23,25H,2-5,10-17,20-21,37-38H2,1H3/t22-,23-,25-/m1/s1. The molecule has 262 valence electrons. The highest BCUT2D eigenvalue weighted by Crippen LogP contribution is 2.46. The Labute approximate surface area is 285 Å². The number of halogens is 3. The zero-order valence-corrected chi connectivity index (χ0v) is 28.7. The molecule has 11 nitrogen and oxygen atoms in total. The molecule has 1 aromatic carbocycles. The van der Waals surface area contributed by atoms with E-state index in [0.717, 1.165) is 12.8 Å². The molecule has 1 saturated carbocycles. The van der Waals surface area contributed by atoms with Crippen LogP contribution in [0.4, 0.5) is 20.3 Å². The highest BCUT2D eigenvalue weighted by Gasteiger charge is 2.45. The zero-order valence-electron chi connectivity index (χ0n) is 27.2. The Morgan fingerprint density at radius 1 is 1.00 bits per heavy atom. The smallest absolute Gasteiger partial charge is 0.276 e. The molecule has 2 aromatic rings. The molecule has 4 heterocycles. The summed E-state index contributed by atoms with van der Waals surface area (Å²) in [6.07, 6.45) is 2.98. The molecular weight excluding hydrogens is 664 g/mol. The van der Waals surface area contributed by atoms with E-state index in [2.05, 4.69) is 4.98 Å². The van der Waals surface area contributed by atoms with Gasteiger partial charge >= 0.3 is 0 Å². The molecule has 1 atom stereocenters. The molecule has 1 aromatic heterocycles. The minimum Gasteiger partial charge on any atom is -0.354 e. The Morgan fingerprint density at radius 2 is 1.62 bits per heavy atom. The van der Waals surface area contributed by atoms with Crippen LogP contribution in [0.5, 0.6) is 0 Å². The van der Waals surface area contributed by atoms with Crippen molar-refractivity contribution < 1.29 is 26.8 Å². The quantitative estimate of drug-likeness (QED) is 0.416. The first kappa shape index (κ1) is 34.9. The van der Waals surface area contributed by atoms with Gasteiger partial charge in [-0.25, -0.2) is 22.2 Å². The van der Waals surface area contributed by atoms with Crippen LogP contribution in [0.1, 0.15) is 57.4 Å². The van der Waals surface area contributed by atoms with E-state index >= 15 is 8.78 Å². The molecule has 0 radical (unpaired) electrons. The lowest BCUT2D eigenvalue weighted by atomic mass is 9.76. The van der Waals surface area contributed by atoms with Gasteiger partial charge in [0.2, 0.25) is 21.8 Å². The molecule has 6 rings (SSSR count). The maximum absolute atomic E-state index is 16.0. The maximum Gasteiger partial charge on any atom is 0.276 e. The summed E-state index contributed by atoms with van der Waals surface area (Å²) in [4.78, 5) is 34.9. The fourth-order valence-corrected chi connectivity index (χ4v) is 8.99. The van der Waals surface area contributed by atoms with Gasteiger partial charge in [-0.15, -0.1) is 0 Å². The van der Waals surface area contributed by atoms with E-state index in [1.807, 2.05) is 11.8 Å². The number of piperazine rings is 1. The van der Waals surface area contributed by atoms with Crippen LogP contribution in [0.3, 0.4) is 0 Å². The van der Waals surface area contributed by atoms with Gasteiger partial charge in [0.15, 0.2) is 0 Å². The third kappa shape index (κ3) is 7.18. The third-order valence-corrected chi connectivity index (χ3v) is 12.6. The third-order valence-electron chi connectivity index (χ3n) is 10.5. The van der Waals surface area contributed by atoms with Crippen molar-refractivity contribution in [3.8, 4) is 0 Å². The number of amides is 2. The Kier molecular flexibility index (Phi) is 9.77. The second-order valence-electron chi connectivity index (χ2n) is 14.0. The second-order valence-corrected chi connectivity index (χ2v) is 16.4. The lowest BCUT2D eigenvalue weighted by Gasteiger charge is -2.40. The number of likely N-dealkylation sites (tertiary alicyclic amines) is 1. The SMILES string of the molecule is CC1(N)CCN(C(=O)[C@H]2CC[C@H](C(F)(F)c3cc(Cl)nc(N4CCN(S(=O)(=O)c5ccc(N6C[C@H](N)CC6=O)cc5)CC4)c3)CC2)CC1. The average Bonchev–Trinajstić information content (AvgIpc) is 3.41. The Morgan fingerprint density at radius 3 is 2.21 bits per heavy atom. The number of hydrogen-bond donors (Lipinski definition) is 2. The van der Waals surface area contributed by atoms with Gasteiger partial charge in [-0.3, -0.25) is 9.59 Å². The summed E-state index contributed by atoms with van der Waals surface area (Å²) < 4.78 is 60.2. The summed E-state index contributed by atoms with van der Waals surface area (Å²) in [5.74, 6) is -4.15. The van der Waals surface area contributed by atoms with Crippen LogP contribution in [-0.2, 0) is 25.5 Å². The number of alkyl halides is 2. The molecule has 0 bridgehead atoms. The second kappa shape index (κ2) is 13.4. The molecule has 2 amide bonds. The van der Waals surface area contributed by atoms with E-state index in [-0.39, 0.29) is 96.2 Å². The molecule has 0 spiro atoms. The topological polar surface area (TPSA) is 146 Å². The number of hydrogen-bond acceptors (Lipinski definition) is 8. The fraction of sp³-hybridized carbons (Fsp3) is 0.606. The van der Waals surface area contributed by atoms with E-state index in [1.54, 1.807) is 21.9 Å². The number of pyridine rings is 1. The molecule has 0 unspecified atom stereocenters. The molecule has 15 heteroatoms. The number of piperidine rings is 1. The van der Waals surface area contributed by atoms with Crippen molar-refractivity contribution in [3.05, 3.63) is 47.1 Å². The van der Waals surface area contributed by atoms with Crippen molar-refractivity contribution in [2.45, 2.75) is 74.3 Å². The van der Waals surface area contributed by atoms with Crippen molar-refractivity contribution >= 4 is 44.9 Å². The first-order valence-electron chi connectivity index (χ1n) is 16.7. The van der Waals surface area contributed by atoms with Gasteiger partial charge in [-0.1, -0.05) is 11.6 Å². The van der Waals surface area contributed by atoms with Crippen LogP contribution < -0.4 is 21.3 Å². The summed E-state index contributed by atoms with van der Waals surface area (Å²) in [7, 11) is -3.83. The number of aromatic nitrogens is 1. The van der Waals surface area contributed by atoms with Crippen LogP contribution >= 0.6 is 11.6 Å². The predicted octanol–water partition coefficient (Wildman–Crippen LogP) is 3.55. The first-order valence-corrected chi connectivity index (χ1v) is 18.5. The van der Waals surface area contributed by atoms with E-state index in [9.17, 15) is 18.0 Å². The molecule has 4 fully saturated rings. The summed E-state index contributed by atoms with van der Waals surface area (Å²) in [5, 5.41) is -0.0596. The van der Waals surface area contributed by atoms with Gasteiger partial charge < -0.3 is 26.2 Å². The Balaban J connectivity index is 1.06. The van der Waals surface area contributed by atoms with Gasteiger partial charge in [0, 0.05) is 86.9 Å². The minimum absolute atomic E-state index is 0.0449. The fourth-order valence-electron chi connectivity index (χ4n) is 7.36. The highest BCUT2D eigenvalue weighted by atomic mass is 35.5. The van der Waals surface area contributed by atoms with Crippen LogP contribution in [0, 0.1) is 11.8 Å². The lowest BCUT2D eigenvalue weighted by Crippen LogP contribution is -2.51. The van der Waals surface area contributed by atoms with E-state index in [0.29, 0.717) is 38.2 Å². The van der Waals surface area contributed by atoms with Crippen LogP contribution in [-0.4, -0.2) is 91.8 Å². The van der Waals surface area contributed by atoms with Crippen molar-refractivity contribution in [2.24, 2.45) is 23.3 Å². The number of benzene rings is 1. The predicted molar refractivity (Wildman–Crippen MR) is 179 cm³/mol. The molecule has 4 N–H and O–H groups in total. The number of anilines is 2. The molecule has 3 aliphatic heterocycles. The van der Waals surface area contributed by atoms with Gasteiger partial charge in [0.1, 0.15) is 11.0 Å². The Bertz CT molecular complexity index is 1620. The maximum atomic E-state index is 16.0. The summed E-state index contributed by atoms with van der Waals surface area (Å²) >= 11 is 6.28. The van der Waals surface area contributed by atoms with Crippen LogP contribution in [0.15, 0.2) is 41.3 Å². The number of carbonyl (C=O) groups excluding carboxylic acids is 2. The number of nitrogens with zero attached hydrogens (tertiary/aromatic N) is 5. The number of sulfonamides is 1. The number of rotatable bonds is 7. The minimum atomic E-state index is -3.83. The lowest BCUT2D eigenvalue weighted by molar-refractivity contribution is -0.140. The van der Waals surface area contributed by atoms with Crippen molar-refractivity contribution in [3.63, 3.8) is 0 Å². The molecule has 48 heavy (non-hydrogen) atoms. The number of nitrogens with two attached hydrogens (primary N) is 2. The summed E-state index contributed by atoms with van der Waals surface area (Å²) in [5.41, 5.74) is 12.2. The molecular formula is C33H44ClF2N7O4S. The first-order chi connectivity index (χ1) is 22.6. The van der Waals surface area contributed by atoms with Crippen molar-refractivity contribution in [1.82, 2.24) is 14.2 Å². The van der Waals surface area contributed by atoms with E-state index in [4.69, 9.17) is 23.1 Å². The molecule has 3 saturated heterocycles. The zero-order chi connectivity index (χ0) is 34.4. The Hall–Kier alpha value is -2.91. The van der Waals surface area contributed by atoms with Crippen LogP contribution in [0.2, 0.25) is 5.15 Å².